The number of halogens is 1. The second kappa shape index (κ2) is 9.02. The highest BCUT2D eigenvalue weighted by atomic mass is 19.1. The Hall–Kier alpha value is -1.66. The van der Waals surface area contributed by atoms with Crippen LogP contribution in [0.25, 0.3) is 0 Å². The molecule has 1 N–H and O–H groups in total. The molecular weight excluding hydrogens is 347 g/mol. The van der Waals surface area contributed by atoms with Crippen molar-refractivity contribution in [2.24, 2.45) is 0 Å². The fourth-order valence-electron chi connectivity index (χ4n) is 4.26. The molecule has 2 fully saturated rings. The van der Waals surface area contributed by atoms with Crippen molar-refractivity contribution in [3.05, 3.63) is 30.1 Å². The maximum absolute atomic E-state index is 13.4. The molecule has 3 rings (SSSR count). The minimum absolute atomic E-state index is 0.0312. The number of hydrogen-bond acceptors (Lipinski definition) is 4. The first-order chi connectivity index (χ1) is 13.0. The standard InChI is InChI=1S/C21H31FN2O3/c1-17(25)23-11-12-24(19-8-4-2-3-5-9-19)15-21(26,14-23)16-27-20-10-6-7-18(22)13-20/h6-7,10,13,19,26H,2-5,8-9,11-12,14-16H2,1H3/t21-/m1/s1. The third-order valence-electron chi connectivity index (χ3n) is 5.73. The van der Waals surface area contributed by atoms with Gasteiger partial charge in [-0.15, -0.1) is 0 Å². The van der Waals surface area contributed by atoms with E-state index in [0.717, 1.165) is 19.4 Å². The van der Waals surface area contributed by atoms with E-state index in [1.807, 2.05) is 0 Å². The van der Waals surface area contributed by atoms with Crippen molar-refractivity contribution >= 4 is 5.91 Å². The first kappa shape index (κ1) is 20.1. The minimum Gasteiger partial charge on any atom is -0.490 e. The number of nitrogens with zero attached hydrogens (tertiary/aromatic N) is 2. The fourth-order valence-corrected chi connectivity index (χ4v) is 4.26. The zero-order valence-corrected chi connectivity index (χ0v) is 16.2. The van der Waals surface area contributed by atoms with Gasteiger partial charge in [-0.1, -0.05) is 31.7 Å². The van der Waals surface area contributed by atoms with E-state index in [-0.39, 0.29) is 24.9 Å². The molecule has 1 aliphatic carbocycles. The van der Waals surface area contributed by atoms with Crippen molar-refractivity contribution in [2.45, 2.75) is 57.1 Å². The Morgan fingerprint density at radius 1 is 1.22 bits per heavy atom. The van der Waals surface area contributed by atoms with Crippen LogP contribution in [-0.4, -0.2) is 65.2 Å². The maximum atomic E-state index is 13.4. The molecule has 1 aromatic carbocycles. The predicted molar refractivity (Wildman–Crippen MR) is 102 cm³/mol. The van der Waals surface area contributed by atoms with Gasteiger partial charge in [0.2, 0.25) is 5.91 Å². The van der Waals surface area contributed by atoms with Crippen molar-refractivity contribution in [2.75, 3.05) is 32.8 Å². The number of hydrogen-bond donors (Lipinski definition) is 1. The Bertz CT molecular complexity index is 634. The Morgan fingerprint density at radius 3 is 2.63 bits per heavy atom. The number of amides is 1. The van der Waals surface area contributed by atoms with Crippen LogP contribution in [0.2, 0.25) is 0 Å². The van der Waals surface area contributed by atoms with Crippen LogP contribution >= 0.6 is 0 Å². The van der Waals surface area contributed by atoms with Crippen molar-refractivity contribution in [1.29, 1.82) is 0 Å². The lowest BCUT2D eigenvalue weighted by Gasteiger charge is -2.36. The van der Waals surface area contributed by atoms with Crippen LogP contribution < -0.4 is 4.74 Å². The van der Waals surface area contributed by atoms with Crippen LogP contribution in [0.5, 0.6) is 5.75 Å². The van der Waals surface area contributed by atoms with Crippen LogP contribution in [0.3, 0.4) is 0 Å². The number of rotatable bonds is 4. The number of β-amino-alcohol motifs (C(OH)–C–C–N with tert-alkyl or cyclic N) is 1. The predicted octanol–water partition coefficient (Wildman–Crippen LogP) is 2.82. The number of ether oxygens (including phenoxy) is 1. The van der Waals surface area contributed by atoms with Crippen LogP contribution in [0, 0.1) is 5.82 Å². The van der Waals surface area contributed by atoms with Gasteiger partial charge in [0.15, 0.2) is 0 Å². The lowest BCUT2D eigenvalue weighted by Crippen LogP contribution is -2.53. The number of carbonyl (C=O) groups is 1. The molecule has 150 valence electrons. The molecule has 0 unspecified atom stereocenters. The van der Waals surface area contributed by atoms with Gasteiger partial charge in [-0.25, -0.2) is 4.39 Å². The molecule has 5 nitrogen and oxygen atoms in total. The largest absolute Gasteiger partial charge is 0.490 e. The number of carbonyl (C=O) groups excluding carboxylic acids is 1. The van der Waals surface area contributed by atoms with Gasteiger partial charge in [0, 0.05) is 38.7 Å². The third kappa shape index (κ3) is 5.66. The summed E-state index contributed by atoms with van der Waals surface area (Å²) >= 11 is 0. The van der Waals surface area contributed by atoms with Gasteiger partial charge in [-0.3, -0.25) is 9.69 Å². The zero-order valence-electron chi connectivity index (χ0n) is 16.2. The first-order valence-electron chi connectivity index (χ1n) is 10.1. The maximum Gasteiger partial charge on any atom is 0.219 e. The fraction of sp³-hybridized carbons (Fsp3) is 0.667. The lowest BCUT2D eigenvalue weighted by atomic mass is 10.0. The van der Waals surface area contributed by atoms with Gasteiger partial charge >= 0.3 is 0 Å². The van der Waals surface area contributed by atoms with E-state index in [1.54, 1.807) is 17.0 Å². The molecule has 0 radical (unpaired) electrons. The third-order valence-corrected chi connectivity index (χ3v) is 5.73. The summed E-state index contributed by atoms with van der Waals surface area (Å²) in [5.74, 6) is -0.0178. The van der Waals surface area contributed by atoms with Gasteiger partial charge in [-0.05, 0) is 25.0 Å². The molecule has 0 aromatic heterocycles. The van der Waals surface area contributed by atoms with Crippen molar-refractivity contribution in [3.63, 3.8) is 0 Å². The topological polar surface area (TPSA) is 53.0 Å². The van der Waals surface area contributed by atoms with Crippen LogP contribution in [-0.2, 0) is 4.79 Å². The highest BCUT2D eigenvalue weighted by Crippen LogP contribution is 2.26. The molecule has 1 aliphatic heterocycles. The molecule has 2 aliphatic rings. The van der Waals surface area contributed by atoms with Crippen LogP contribution in [0.1, 0.15) is 45.4 Å². The summed E-state index contributed by atoms with van der Waals surface area (Å²) in [5, 5.41) is 11.3. The average Bonchev–Trinajstić information content (AvgIpc) is 3.00. The molecule has 1 amide bonds. The normalized spacial score (nSPS) is 25.7. The Kier molecular flexibility index (Phi) is 6.71. The van der Waals surface area contributed by atoms with Gasteiger partial charge in [-0.2, -0.15) is 0 Å². The van der Waals surface area contributed by atoms with E-state index in [4.69, 9.17) is 4.74 Å². The summed E-state index contributed by atoms with van der Waals surface area (Å²) in [6.45, 7) is 3.66. The molecular formula is C21H31FN2O3. The molecule has 6 heteroatoms. The quantitative estimate of drug-likeness (QED) is 0.819. The summed E-state index contributed by atoms with van der Waals surface area (Å²) in [5.41, 5.74) is -1.18. The molecule has 1 aromatic rings. The van der Waals surface area contributed by atoms with E-state index in [9.17, 15) is 14.3 Å². The molecule has 0 spiro atoms. The number of aliphatic hydroxyl groups is 1. The Morgan fingerprint density at radius 2 is 1.96 bits per heavy atom. The van der Waals surface area contributed by atoms with E-state index in [0.29, 0.717) is 24.9 Å². The number of benzene rings is 1. The second-order valence-electron chi connectivity index (χ2n) is 8.03. The van der Waals surface area contributed by atoms with Crippen LogP contribution in [0.4, 0.5) is 4.39 Å². The van der Waals surface area contributed by atoms with E-state index < -0.39 is 5.60 Å². The SMILES string of the molecule is CC(=O)N1CCN(C2CCCCCC2)C[C@@](O)(COc2cccc(F)c2)C1. The van der Waals surface area contributed by atoms with Crippen molar-refractivity contribution in [3.8, 4) is 5.75 Å². The van der Waals surface area contributed by atoms with Gasteiger partial charge in [0.1, 0.15) is 23.8 Å². The van der Waals surface area contributed by atoms with E-state index in [2.05, 4.69) is 4.90 Å². The minimum atomic E-state index is -1.18. The highest BCUT2D eigenvalue weighted by Gasteiger charge is 2.38. The summed E-state index contributed by atoms with van der Waals surface area (Å²) in [7, 11) is 0. The van der Waals surface area contributed by atoms with E-state index >= 15 is 0 Å². The first-order valence-corrected chi connectivity index (χ1v) is 10.1. The highest BCUT2D eigenvalue weighted by molar-refractivity contribution is 5.73. The Balaban J connectivity index is 1.72. The smallest absolute Gasteiger partial charge is 0.219 e. The van der Waals surface area contributed by atoms with Crippen LogP contribution in [0.15, 0.2) is 24.3 Å². The summed E-state index contributed by atoms with van der Waals surface area (Å²) in [6.07, 6.45) is 7.27. The molecule has 27 heavy (non-hydrogen) atoms. The van der Waals surface area contributed by atoms with E-state index in [1.165, 1.54) is 44.7 Å². The van der Waals surface area contributed by atoms with Gasteiger partial charge in [0.25, 0.3) is 0 Å². The van der Waals surface area contributed by atoms with Gasteiger partial charge < -0.3 is 14.7 Å². The summed E-state index contributed by atoms with van der Waals surface area (Å²) in [4.78, 5) is 16.0. The monoisotopic (exact) mass is 378 g/mol. The molecule has 1 saturated heterocycles. The zero-order chi connectivity index (χ0) is 19.3. The Labute approximate surface area is 161 Å². The molecule has 1 heterocycles. The molecule has 1 saturated carbocycles. The van der Waals surface area contributed by atoms with Crippen molar-refractivity contribution in [1.82, 2.24) is 9.80 Å². The summed E-state index contributed by atoms with van der Waals surface area (Å²) in [6, 6.07) is 6.38. The lowest BCUT2D eigenvalue weighted by molar-refractivity contribution is -0.132. The second-order valence-corrected chi connectivity index (χ2v) is 8.03. The molecule has 0 bridgehead atoms. The summed E-state index contributed by atoms with van der Waals surface area (Å²) < 4.78 is 19.1. The molecule has 1 atom stereocenters. The van der Waals surface area contributed by atoms with Gasteiger partial charge in [0.05, 0.1) is 6.54 Å². The average molecular weight is 378 g/mol. The van der Waals surface area contributed by atoms with Crippen molar-refractivity contribution < 1.29 is 19.0 Å².